The Morgan fingerprint density at radius 2 is 1.94 bits per heavy atom. The molecule has 1 aromatic rings. The molecular weight excluding hydrogens is 220 g/mol. The lowest BCUT2D eigenvalue weighted by atomic mass is 9.83. The Bertz CT molecular complexity index is 321. The Labute approximate surface area is 104 Å². The summed E-state index contributed by atoms with van der Waals surface area (Å²) in [5.74, 6) is 0.646. The summed E-state index contributed by atoms with van der Waals surface area (Å²) in [4.78, 5) is 4.52. The topological polar surface area (TPSA) is 38.9 Å². The Hall–Kier alpha value is -0.600. The average Bonchev–Trinajstić information content (AvgIpc) is 2.29. The largest absolute Gasteiger partial charge is 0.322 e. The average molecular weight is 241 g/mol. The van der Waals surface area contributed by atoms with Crippen LogP contribution in [0.3, 0.4) is 0 Å². The van der Waals surface area contributed by atoms with Crippen molar-refractivity contribution in [2.75, 3.05) is 0 Å². The number of halogens is 1. The van der Waals surface area contributed by atoms with Crippen molar-refractivity contribution in [2.45, 2.75) is 45.1 Å². The van der Waals surface area contributed by atoms with Crippen LogP contribution in [0.1, 0.15) is 49.5 Å². The number of hydrogen-bond donors (Lipinski definition) is 1. The first-order valence-corrected chi connectivity index (χ1v) is 5.96. The van der Waals surface area contributed by atoms with Crippen molar-refractivity contribution in [3.05, 3.63) is 29.6 Å². The molecule has 3 heteroatoms. The molecule has 0 radical (unpaired) electrons. The number of nitrogens with zero attached hydrogens (tertiary/aromatic N) is 1. The lowest BCUT2D eigenvalue weighted by Crippen LogP contribution is -2.24. The zero-order chi connectivity index (χ0) is 10.7. The van der Waals surface area contributed by atoms with Crippen molar-refractivity contribution in [3.63, 3.8) is 0 Å². The quantitative estimate of drug-likeness (QED) is 0.861. The molecule has 1 fully saturated rings. The van der Waals surface area contributed by atoms with E-state index in [0.717, 1.165) is 11.4 Å². The zero-order valence-corrected chi connectivity index (χ0v) is 10.7. The maximum Gasteiger partial charge on any atom is 0.0577 e. The van der Waals surface area contributed by atoms with E-state index in [1.807, 2.05) is 13.0 Å². The summed E-state index contributed by atoms with van der Waals surface area (Å²) in [5, 5.41) is 0. The predicted molar refractivity (Wildman–Crippen MR) is 69.7 cm³/mol. The fourth-order valence-electron chi connectivity index (χ4n) is 2.48. The molecule has 1 aromatic heterocycles. The minimum atomic E-state index is 0. The maximum absolute atomic E-state index is 6.28. The van der Waals surface area contributed by atoms with E-state index in [-0.39, 0.29) is 18.4 Å². The van der Waals surface area contributed by atoms with Crippen molar-refractivity contribution in [3.8, 4) is 0 Å². The van der Waals surface area contributed by atoms with Gasteiger partial charge in [0.15, 0.2) is 0 Å². The summed E-state index contributed by atoms with van der Waals surface area (Å²) in [6.07, 6.45) is 6.60. The molecule has 1 unspecified atom stereocenters. The molecule has 0 saturated heterocycles. The highest BCUT2D eigenvalue weighted by Gasteiger charge is 2.22. The third-order valence-electron chi connectivity index (χ3n) is 3.41. The Morgan fingerprint density at radius 3 is 2.56 bits per heavy atom. The molecular formula is C13H21ClN2. The molecule has 0 spiro atoms. The van der Waals surface area contributed by atoms with Crippen LogP contribution in [0.4, 0.5) is 0 Å². The number of aromatic nitrogens is 1. The SMILES string of the molecule is Cc1cccc(C(N)C2CCCCC2)n1.Cl. The van der Waals surface area contributed by atoms with Gasteiger partial charge < -0.3 is 5.73 Å². The van der Waals surface area contributed by atoms with Crippen LogP contribution >= 0.6 is 12.4 Å². The van der Waals surface area contributed by atoms with Gasteiger partial charge in [-0.2, -0.15) is 0 Å². The molecule has 0 aromatic carbocycles. The molecule has 2 nitrogen and oxygen atoms in total. The van der Waals surface area contributed by atoms with Gasteiger partial charge in [-0.25, -0.2) is 0 Å². The van der Waals surface area contributed by atoms with Gasteiger partial charge in [0.2, 0.25) is 0 Å². The van der Waals surface area contributed by atoms with Gasteiger partial charge in [-0.1, -0.05) is 25.3 Å². The van der Waals surface area contributed by atoms with Crippen molar-refractivity contribution in [1.82, 2.24) is 4.98 Å². The van der Waals surface area contributed by atoms with E-state index in [9.17, 15) is 0 Å². The van der Waals surface area contributed by atoms with Gasteiger partial charge in [-0.15, -0.1) is 12.4 Å². The zero-order valence-electron chi connectivity index (χ0n) is 9.86. The molecule has 1 saturated carbocycles. The molecule has 16 heavy (non-hydrogen) atoms. The Balaban J connectivity index is 0.00000128. The third-order valence-corrected chi connectivity index (χ3v) is 3.41. The first-order valence-electron chi connectivity index (χ1n) is 5.96. The Kier molecular flexibility index (Phi) is 5.23. The van der Waals surface area contributed by atoms with Gasteiger partial charge in [-0.3, -0.25) is 4.98 Å². The molecule has 1 aliphatic rings. The first-order chi connectivity index (χ1) is 7.27. The minimum Gasteiger partial charge on any atom is -0.322 e. The van der Waals surface area contributed by atoms with E-state index in [2.05, 4.69) is 17.1 Å². The second-order valence-electron chi connectivity index (χ2n) is 4.63. The minimum absolute atomic E-state index is 0. The normalized spacial score (nSPS) is 18.9. The second-order valence-corrected chi connectivity index (χ2v) is 4.63. The van der Waals surface area contributed by atoms with Gasteiger partial charge in [-0.05, 0) is 37.8 Å². The summed E-state index contributed by atoms with van der Waals surface area (Å²) in [7, 11) is 0. The van der Waals surface area contributed by atoms with Crippen LogP contribution in [-0.2, 0) is 0 Å². The highest BCUT2D eigenvalue weighted by molar-refractivity contribution is 5.85. The van der Waals surface area contributed by atoms with E-state index in [1.165, 1.54) is 32.1 Å². The monoisotopic (exact) mass is 240 g/mol. The van der Waals surface area contributed by atoms with E-state index in [1.54, 1.807) is 0 Å². The molecule has 0 aliphatic heterocycles. The lowest BCUT2D eigenvalue weighted by Gasteiger charge is -2.27. The van der Waals surface area contributed by atoms with Crippen LogP contribution in [0, 0.1) is 12.8 Å². The number of nitrogens with two attached hydrogens (primary N) is 1. The fourth-order valence-corrected chi connectivity index (χ4v) is 2.48. The Morgan fingerprint density at radius 1 is 1.25 bits per heavy atom. The highest BCUT2D eigenvalue weighted by Crippen LogP contribution is 2.32. The van der Waals surface area contributed by atoms with E-state index < -0.39 is 0 Å². The summed E-state index contributed by atoms with van der Waals surface area (Å²) in [6, 6.07) is 6.29. The number of rotatable bonds is 2. The van der Waals surface area contributed by atoms with Gasteiger partial charge in [0, 0.05) is 11.7 Å². The molecule has 1 heterocycles. The van der Waals surface area contributed by atoms with Gasteiger partial charge in [0.1, 0.15) is 0 Å². The number of aryl methyl sites for hydroxylation is 1. The first kappa shape index (κ1) is 13.5. The van der Waals surface area contributed by atoms with Crippen LogP contribution in [0.25, 0.3) is 0 Å². The van der Waals surface area contributed by atoms with Crippen LogP contribution < -0.4 is 5.73 Å². The van der Waals surface area contributed by atoms with E-state index in [4.69, 9.17) is 5.73 Å². The summed E-state index contributed by atoms with van der Waals surface area (Å²) < 4.78 is 0. The highest BCUT2D eigenvalue weighted by atomic mass is 35.5. The van der Waals surface area contributed by atoms with Crippen molar-refractivity contribution < 1.29 is 0 Å². The molecule has 0 amide bonds. The molecule has 2 rings (SSSR count). The fraction of sp³-hybridized carbons (Fsp3) is 0.615. The second kappa shape index (κ2) is 6.21. The molecule has 1 aliphatic carbocycles. The number of pyridine rings is 1. The van der Waals surface area contributed by atoms with Crippen LogP contribution in [0.15, 0.2) is 18.2 Å². The number of hydrogen-bond acceptors (Lipinski definition) is 2. The van der Waals surface area contributed by atoms with Crippen LogP contribution in [-0.4, -0.2) is 4.98 Å². The van der Waals surface area contributed by atoms with E-state index >= 15 is 0 Å². The van der Waals surface area contributed by atoms with Gasteiger partial charge >= 0.3 is 0 Å². The third kappa shape index (κ3) is 3.19. The van der Waals surface area contributed by atoms with Gasteiger partial charge in [0.05, 0.1) is 5.69 Å². The lowest BCUT2D eigenvalue weighted by molar-refractivity contribution is 0.304. The molecule has 2 N–H and O–H groups in total. The predicted octanol–water partition coefficient (Wildman–Crippen LogP) is 3.39. The molecule has 1 atom stereocenters. The standard InChI is InChI=1S/C13H20N2.ClH/c1-10-6-5-9-12(15-10)13(14)11-7-3-2-4-8-11;/h5-6,9,11,13H,2-4,7-8,14H2,1H3;1H. The molecule has 90 valence electrons. The van der Waals surface area contributed by atoms with E-state index in [0.29, 0.717) is 5.92 Å². The van der Waals surface area contributed by atoms with Crippen molar-refractivity contribution in [2.24, 2.45) is 11.7 Å². The van der Waals surface area contributed by atoms with Crippen LogP contribution in [0.2, 0.25) is 0 Å². The smallest absolute Gasteiger partial charge is 0.0577 e. The summed E-state index contributed by atoms with van der Waals surface area (Å²) >= 11 is 0. The van der Waals surface area contributed by atoms with Crippen LogP contribution in [0.5, 0.6) is 0 Å². The van der Waals surface area contributed by atoms with Gasteiger partial charge in [0.25, 0.3) is 0 Å². The maximum atomic E-state index is 6.28. The molecule has 0 bridgehead atoms. The van der Waals surface area contributed by atoms with Crippen molar-refractivity contribution >= 4 is 12.4 Å². The summed E-state index contributed by atoms with van der Waals surface area (Å²) in [6.45, 7) is 2.02. The van der Waals surface area contributed by atoms with Crippen molar-refractivity contribution in [1.29, 1.82) is 0 Å². The summed E-state index contributed by atoms with van der Waals surface area (Å²) in [5.41, 5.74) is 8.42.